The lowest BCUT2D eigenvalue weighted by molar-refractivity contribution is -0.132. The highest BCUT2D eigenvalue weighted by Gasteiger charge is 2.31. The summed E-state index contributed by atoms with van der Waals surface area (Å²) in [4.78, 5) is 39.2. The van der Waals surface area contributed by atoms with E-state index in [0.717, 1.165) is 20.5 Å². The van der Waals surface area contributed by atoms with Crippen molar-refractivity contribution in [3.8, 4) is 0 Å². The smallest absolute Gasteiger partial charge is 0.250 e. The van der Waals surface area contributed by atoms with Crippen molar-refractivity contribution < 1.29 is 22.8 Å². The van der Waals surface area contributed by atoms with Crippen molar-refractivity contribution in [1.29, 1.82) is 0 Å². The fourth-order valence-corrected chi connectivity index (χ4v) is 6.88. The molecule has 2 aromatic rings. The Morgan fingerprint density at radius 2 is 1.56 bits per heavy atom. The predicted octanol–water partition coefficient (Wildman–Crippen LogP) is 3.37. The van der Waals surface area contributed by atoms with Gasteiger partial charge in [-0.15, -0.1) is 11.3 Å². The van der Waals surface area contributed by atoms with Gasteiger partial charge in [-0.2, -0.15) is 17.4 Å². The monoisotopic (exact) mass is 728 g/mol. The molecule has 0 unspecified atom stereocenters. The molecule has 1 aromatic heterocycles. The van der Waals surface area contributed by atoms with Gasteiger partial charge < -0.3 is 16.0 Å². The van der Waals surface area contributed by atoms with Crippen LogP contribution in [0.25, 0.3) is 0 Å². The molecule has 3 amide bonds. The third-order valence-corrected chi connectivity index (χ3v) is 9.89. The quantitative estimate of drug-likeness (QED) is 0.142. The first-order chi connectivity index (χ1) is 18.4. The highest BCUT2D eigenvalue weighted by molar-refractivity contribution is 14.1. The number of carbonyl (C=O) groups is 3. The van der Waals surface area contributed by atoms with Crippen molar-refractivity contribution in [1.82, 2.24) is 20.7 Å². The van der Waals surface area contributed by atoms with Gasteiger partial charge in [0.15, 0.2) is 0 Å². The number of nitrogens with one attached hydrogen (secondary N) is 4. The minimum Gasteiger partial charge on any atom is -0.355 e. The third-order valence-electron chi connectivity index (χ3n) is 5.61. The lowest BCUT2D eigenvalue weighted by Crippen LogP contribution is -2.57. The molecular formula is C25H34ClIN4O5S3. The van der Waals surface area contributed by atoms with Crippen LogP contribution in [0.4, 0.5) is 0 Å². The van der Waals surface area contributed by atoms with Crippen LogP contribution in [0.15, 0.2) is 40.6 Å². The summed E-state index contributed by atoms with van der Waals surface area (Å²) in [6, 6.07) is 7.17. The molecule has 0 spiro atoms. The van der Waals surface area contributed by atoms with Gasteiger partial charge in [0.25, 0.3) is 10.0 Å². The van der Waals surface area contributed by atoms with Gasteiger partial charge in [0, 0.05) is 22.3 Å². The third kappa shape index (κ3) is 11.2. The predicted molar refractivity (Wildman–Crippen MR) is 167 cm³/mol. The summed E-state index contributed by atoms with van der Waals surface area (Å²) in [5.41, 5.74) is 0.781. The Kier molecular flexibility index (Phi) is 14.0. The molecule has 0 saturated carbocycles. The largest absolute Gasteiger partial charge is 0.355 e. The number of rotatable bonds is 15. The minimum absolute atomic E-state index is 0.0124. The van der Waals surface area contributed by atoms with E-state index in [4.69, 9.17) is 11.6 Å². The second kappa shape index (κ2) is 16.2. The highest BCUT2D eigenvalue weighted by atomic mass is 127. The second-order valence-electron chi connectivity index (χ2n) is 9.23. The van der Waals surface area contributed by atoms with Gasteiger partial charge in [0.1, 0.15) is 22.3 Å². The van der Waals surface area contributed by atoms with E-state index in [1.807, 2.05) is 38.1 Å². The average molecular weight is 729 g/mol. The number of hydrogen-bond donors (Lipinski definition) is 5. The topological polar surface area (TPSA) is 133 Å². The normalized spacial score (nSPS) is 13.9. The first-order valence-electron chi connectivity index (χ1n) is 12.4. The van der Waals surface area contributed by atoms with Crippen LogP contribution in [0.5, 0.6) is 0 Å². The molecule has 0 radical (unpaired) electrons. The van der Waals surface area contributed by atoms with E-state index in [1.165, 1.54) is 12.1 Å². The standard InChI is InChI=1S/C25H34ClIN4O5S3/c1-4-28-23(32)20(14-37)30-25(34)19(13-16-6-8-17(27)9-7-16)29-24(33)18(10-5-15(2)3)31-39(35,36)22-12-11-21(26)38-22/h6-9,11-12,15,18-20,31,37H,4-5,10,13-14H2,1-3H3,(H,28,32)(H,29,33)(H,30,34)/t18-,19-,20-/m0/s1. The summed E-state index contributed by atoms with van der Waals surface area (Å²) in [5, 5.41) is 8.03. The molecule has 2 rings (SSSR count). The van der Waals surface area contributed by atoms with Crippen molar-refractivity contribution in [2.75, 3.05) is 12.3 Å². The van der Waals surface area contributed by atoms with Crippen LogP contribution in [-0.4, -0.2) is 56.6 Å². The Hall–Kier alpha value is -1.39. The lowest BCUT2D eigenvalue weighted by Gasteiger charge is -2.25. The SMILES string of the molecule is CCNC(=O)[C@H](CS)NC(=O)[C@H](Cc1ccc(I)cc1)NC(=O)[C@H](CCC(C)C)NS(=O)(=O)c1ccc(Cl)s1. The maximum Gasteiger partial charge on any atom is 0.250 e. The van der Waals surface area contributed by atoms with Crippen molar-refractivity contribution in [3.63, 3.8) is 0 Å². The first-order valence-corrected chi connectivity index (χ1v) is 16.8. The lowest BCUT2D eigenvalue weighted by atomic mass is 10.0. The summed E-state index contributed by atoms with van der Waals surface area (Å²) in [7, 11) is -4.03. The maximum atomic E-state index is 13.5. The molecule has 0 aliphatic carbocycles. The Morgan fingerprint density at radius 3 is 2.10 bits per heavy atom. The van der Waals surface area contributed by atoms with Crippen LogP contribution in [0.3, 0.4) is 0 Å². The van der Waals surface area contributed by atoms with Gasteiger partial charge in [-0.25, -0.2) is 8.42 Å². The Balaban J connectivity index is 2.31. The fraction of sp³-hybridized carbons (Fsp3) is 0.480. The molecule has 39 heavy (non-hydrogen) atoms. The van der Waals surface area contributed by atoms with Crippen LogP contribution < -0.4 is 20.7 Å². The van der Waals surface area contributed by atoms with Crippen LogP contribution in [-0.2, 0) is 30.8 Å². The molecule has 4 N–H and O–H groups in total. The maximum absolute atomic E-state index is 13.5. The zero-order chi connectivity index (χ0) is 29.2. The van der Waals surface area contributed by atoms with E-state index in [2.05, 4.69) is 55.9 Å². The summed E-state index contributed by atoms with van der Waals surface area (Å²) in [6.07, 6.45) is 0.921. The van der Waals surface area contributed by atoms with Crippen LogP contribution in [0, 0.1) is 9.49 Å². The van der Waals surface area contributed by atoms with Gasteiger partial charge in [0.2, 0.25) is 17.7 Å². The van der Waals surface area contributed by atoms with Gasteiger partial charge in [-0.1, -0.05) is 37.6 Å². The zero-order valence-electron chi connectivity index (χ0n) is 21.9. The van der Waals surface area contributed by atoms with Crippen molar-refractivity contribution in [2.45, 2.75) is 62.4 Å². The van der Waals surface area contributed by atoms with E-state index < -0.39 is 45.9 Å². The molecule has 14 heteroatoms. The van der Waals surface area contributed by atoms with E-state index in [1.54, 1.807) is 6.92 Å². The summed E-state index contributed by atoms with van der Waals surface area (Å²) >= 11 is 13.2. The molecule has 216 valence electrons. The molecule has 1 aromatic carbocycles. The van der Waals surface area contributed by atoms with E-state index in [-0.39, 0.29) is 28.7 Å². The van der Waals surface area contributed by atoms with Gasteiger partial charge in [-0.3, -0.25) is 14.4 Å². The zero-order valence-corrected chi connectivity index (χ0v) is 27.3. The highest BCUT2D eigenvalue weighted by Crippen LogP contribution is 2.26. The number of hydrogen-bond acceptors (Lipinski definition) is 7. The average Bonchev–Trinajstić information content (AvgIpc) is 3.33. The van der Waals surface area contributed by atoms with E-state index >= 15 is 0 Å². The van der Waals surface area contributed by atoms with Gasteiger partial charge >= 0.3 is 0 Å². The Bertz CT molecular complexity index is 1220. The molecule has 0 bridgehead atoms. The summed E-state index contributed by atoms with van der Waals surface area (Å²) < 4.78 is 29.8. The molecule has 3 atom stereocenters. The summed E-state index contributed by atoms with van der Waals surface area (Å²) in [6.45, 7) is 6.08. The number of thiophene rings is 1. The number of sulfonamides is 1. The van der Waals surface area contributed by atoms with Crippen molar-refractivity contribution in [2.24, 2.45) is 5.92 Å². The van der Waals surface area contributed by atoms with Crippen LogP contribution in [0.1, 0.15) is 39.2 Å². The number of thiol groups is 1. The number of carbonyl (C=O) groups excluding carboxylic acids is 3. The number of amides is 3. The van der Waals surface area contributed by atoms with E-state index in [9.17, 15) is 22.8 Å². The van der Waals surface area contributed by atoms with Crippen LogP contribution >= 0.6 is 58.2 Å². The molecule has 0 saturated heterocycles. The summed E-state index contributed by atoms with van der Waals surface area (Å²) in [5.74, 6) is -1.35. The van der Waals surface area contributed by atoms with Crippen LogP contribution in [0.2, 0.25) is 4.34 Å². The fourth-order valence-electron chi connectivity index (χ4n) is 3.53. The number of halogens is 2. The van der Waals surface area contributed by atoms with Crippen molar-refractivity contribution in [3.05, 3.63) is 49.9 Å². The second-order valence-corrected chi connectivity index (χ2v) is 14.5. The number of benzene rings is 1. The molecule has 9 nitrogen and oxygen atoms in total. The Labute approximate surface area is 258 Å². The molecule has 0 aliphatic rings. The van der Waals surface area contributed by atoms with Gasteiger partial charge in [0.05, 0.1) is 4.34 Å². The Morgan fingerprint density at radius 1 is 0.949 bits per heavy atom. The molecule has 0 fully saturated rings. The van der Waals surface area contributed by atoms with E-state index in [0.29, 0.717) is 17.3 Å². The van der Waals surface area contributed by atoms with Crippen molar-refractivity contribution >= 4 is 85.9 Å². The molecule has 1 heterocycles. The molecule has 0 aliphatic heterocycles. The number of likely N-dealkylation sites (N-methyl/N-ethyl adjacent to an activating group) is 1. The first kappa shape index (κ1) is 33.8. The molecular weight excluding hydrogens is 695 g/mol. The minimum atomic E-state index is -4.03. The van der Waals surface area contributed by atoms with Gasteiger partial charge in [-0.05, 0) is 78.1 Å².